The minimum Gasteiger partial charge on any atom is -0.383 e. The molecule has 0 saturated heterocycles. The number of carbonyl (C=O) groups is 1. The molecule has 1 unspecified atom stereocenters. The van der Waals surface area contributed by atoms with Crippen LogP contribution in [0.2, 0.25) is 0 Å². The quantitative estimate of drug-likeness (QED) is 0.427. The van der Waals surface area contributed by atoms with E-state index < -0.39 is 0 Å². The molecule has 0 spiro atoms. The highest BCUT2D eigenvalue weighted by atomic mass is 32.2. The molecule has 158 valence electrons. The molecule has 0 bridgehead atoms. The van der Waals surface area contributed by atoms with Gasteiger partial charge in [-0.25, -0.2) is 9.97 Å². The molecular formula is C22H26N4O2S2. The lowest BCUT2D eigenvalue weighted by Gasteiger charge is -2.26. The van der Waals surface area contributed by atoms with Crippen LogP contribution in [0.5, 0.6) is 0 Å². The molecule has 1 amide bonds. The normalized spacial score (nSPS) is 16.0. The van der Waals surface area contributed by atoms with Gasteiger partial charge in [-0.1, -0.05) is 55.9 Å². The first-order chi connectivity index (χ1) is 14.5. The summed E-state index contributed by atoms with van der Waals surface area (Å²) < 4.78 is 5.98. The van der Waals surface area contributed by atoms with Gasteiger partial charge in [-0.3, -0.25) is 4.79 Å². The maximum Gasteiger partial charge on any atom is 0.230 e. The molecule has 3 N–H and O–H groups in total. The van der Waals surface area contributed by atoms with Crippen molar-refractivity contribution in [2.75, 3.05) is 18.0 Å². The Morgan fingerprint density at radius 2 is 2.13 bits per heavy atom. The Kier molecular flexibility index (Phi) is 6.55. The van der Waals surface area contributed by atoms with E-state index in [2.05, 4.69) is 41.3 Å². The van der Waals surface area contributed by atoms with E-state index in [0.717, 1.165) is 23.1 Å². The van der Waals surface area contributed by atoms with Crippen molar-refractivity contribution in [3.8, 4) is 0 Å². The summed E-state index contributed by atoms with van der Waals surface area (Å²) in [6.45, 7) is 5.55. The van der Waals surface area contributed by atoms with Crippen LogP contribution in [0.25, 0.3) is 10.2 Å². The van der Waals surface area contributed by atoms with Crippen LogP contribution in [0.15, 0.2) is 35.5 Å². The summed E-state index contributed by atoms with van der Waals surface area (Å²) in [7, 11) is 0. The van der Waals surface area contributed by atoms with Crippen LogP contribution in [0, 0.1) is 5.92 Å². The average Bonchev–Trinajstić information content (AvgIpc) is 3.11. The van der Waals surface area contributed by atoms with Crippen molar-refractivity contribution in [2.24, 2.45) is 5.92 Å². The number of nitrogen functional groups attached to an aromatic ring is 1. The van der Waals surface area contributed by atoms with E-state index in [1.807, 2.05) is 18.2 Å². The second-order valence-electron chi connectivity index (χ2n) is 7.75. The van der Waals surface area contributed by atoms with Gasteiger partial charge in [0.2, 0.25) is 5.91 Å². The molecule has 0 saturated carbocycles. The van der Waals surface area contributed by atoms with E-state index in [4.69, 9.17) is 10.5 Å². The molecule has 1 aromatic carbocycles. The molecular weight excluding hydrogens is 416 g/mol. The number of nitrogens with zero attached hydrogens (tertiary/aromatic N) is 2. The summed E-state index contributed by atoms with van der Waals surface area (Å²) in [6, 6.07) is 10.1. The average molecular weight is 443 g/mol. The molecule has 4 rings (SSSR count). The van der Waals surface area contributed by atoms with E-state index >= 15 is 0 Å². The lowest BCUT2D eigenvalue weighted by Crippen LogP contribution is -2.27. The van der Waals surface area contributed by atoms with E-state index in [1.54, 1.807) is 11.3 Å². The number of thioether (sulfide) groups is 1. The fraction of sp³-hybridized carbons (Fsp3) is 0.409. The topological polar surface area (TPSA) is 90.1 Å². The zero-order chi connectivity index (χ0) is 21.1. The summed E-state index contributed by atoms with van der Waals surface area (Å²) in [6.07, 6.45) is 1.85. The fourth-order valence-corrected chi connectivity index (χ4v) is 5.42. The maximum absolute atomic E-state index is 12.2. The van der Waals surface area contributed by atoms with Crippen molar-refractivity contribution < 1.29 is 9.53 Å². The van der Waals surface area contributed by atoms with Crippen molar-refractivity contribution in [1.29, 1.82) is 0 Å². The molecule has 0 fully saturated rings. The molecule has 2 aromatic heterocycles. The number of amides is 1. The number of nitrogens with one attached hydrogen (secondary N) is 1. The number of nitrogens with two attached hydrogens (primary N) is 1. The third kappa shape index (κ3) is 4.77. The van der Waals surface area contributed by atoms with Crippen LogP contribution in [-0.2, 0) is 29.0 Å². The smallest absolute Gasteiger partial charge is 0.230 e. The number of rotatable bonds is 7. The number of aromatic nitrogens is 2. The van der Waals surface area contributed by atoms with Gasteiger partial charge in [0.25, 0.3) is 0 Å². The maximum atomic E-state index is 12.2. The first kappa shape index (κ1) is 21.1. The van der Waals surface area contributed by atoms with Crippen molar-refractivity contribution in [2.45, 2.75) is 44.6 Å². The standard InChI is InChI=1S/C22H26N4O2S2/c1-13(2)16-10-15-17(11-28-16)30-21-19(15)20(23)25-22(26-21)29-12-18(27)24-9-8-14-6-4-3-5-7-14/h3-7,13,16H,8-12H2,1-2H3,(H,24,27)(H2,23,25,26). The second-order valence-corrected chi connectivity index (χ2v) is 9.77. The number of anilines is 1. The van der Waals surface area contributed by atoms with E-state index in [0.29, 0.717) is 30.0 Å². The van der Waals surface area contributed by atoms with Crippen molar-refractivity contribution in [3.63, 3.8) is 0 Å². The van der Waals surface area contributed by atoms with Gasteiger partial charge in [0.15, 0.2) is 5.16 Å². The summed E-state index contributed by atoms with van der Waals surface area (Å²) in [4.78, 5) is 23.4. The molecule has 6 nitrogen and oxygen atoms in total. The van der Waals surface area contributed by atoms with Crippen molar-refractivity contribution >= 4 is 45.0 Å². The third-order valence-corrected chi connectivity index (χ3v) is 7.18. The first-order valence-electron chi connectivity index (χ1n) is 10.1. The van der Waals surface area contributed by atoms with Crippen LogP contribution in [0.4, 0.5) is 5.82 Å². The lowest BCUT2D eigenvalue weighted by atomic mass is 9.96. The van der Waals surface area contributed by atoms with Crippen LogP contribution in [0.1, 0.15) is 29.9 Å². The zero-order valence-electron chi connectivity index (χ0n) is 17.2. The molecule has 0 aliphatic carbocycles. The number of ether oxygens (including phenoxy) is 1. The molecule has 3 aromatic rings. The van der Waals surface area contributed by atoms with Crippen LogP contribution >= 0.6 is 23.1 Å². The monoisotopic (exact) mass is 442 g/mol. The number of carbonyl (C=O) groups excluding carboxylic acids is 1. The Balaban J connectivity index is 1.37. The van der Waals surface area contributed by atoms with Gasteiger partial charge in [-0.2, -0.15) is 0 Å². The molecule has 1 aliphatic heterocycles. The Labute approximate surface area is 184 Å². The van der Waals surface area contributed by atoms with Crippen LogP contribution < -0.4 is 11.1 Å². The number of thiophene rings is 1. The second kappa shape index (κ2) is 9.32. The molecule has 0 radical (unpaired) electrons. The summed E-state index contributed by atoms with van der Waals surface area (Å²) in [5.74, 6) is 1.18. The molecule has 3 heterocycles. The summed E-state index contributed by atoms with van der Waals surface area (Å²) >= 11 is 2.93. The number of hydrogen-bond acceptors (Lipinski definition) is 7. The fourth-order valence-electron chi connectivity index (χ4n) is 3.55. The number of hydrogen-bond donors (Lipinski definition) is 2. The largest absolute Gasteiger partial charge is 0.383 e. The van der Waals surface area contributed by atoms with Gasteiger partial charge in [-0.15, -0.1) is 11.3 Å². The molecule has 30 heavy (non-hydrogen) atoms. The predicted octanol–water partition coefficient (Wildman–Crippen LogP) is 3.82. The van der Waals surface area contributed by atoms with Crippen LogP contribution in [0.3, 0.4) is 0 Å². The predicted molar refractivity (Wildman–Crippen MR) is 123 cm³/mol. The highest BCUT2D eigenvalue weighted by Gasteiger charge is 2.27. The van der Waals surface area contributed by atoms with Gasteiger partial charge >= 0.3 is 0 Å². The highest BCUT2D eigenvalue weighted by molar-refractivity contribution is 7.99. The molecule has 1 aliphatic rings. The minimum atomic E-state index is -0.0307. The van der Waals surface area contributed by atoms with Gasteiger partial charge < -0.3 is 15.8 Å². The van der Waals surface area contributed by atoms with Crippen LogP contribution in [-0.4, -0.2) is 34.3 Å². The van der Waals surface area contributed by atoms with Gasteiger partial charge in [0.1, 0.15) is 10.6 Å². The molecule has 1 atom stereocenters. The van der Waals surface area contributed by atoms with Crippen molar-refractivity contribution in [3.05, 3.63) is 46.3 Å². The summed E-state index contributed by atoms with van der Waals surface area (Å²) in [5.41, 5.74) is 8.73. The lowest BCUT2D eigenvalue weighted by molar-refractivity contribution is -0.118. The Bertz CT molecular complexity index is 1040. The Hall–Kier alpha value is -2.16. The zero-order valence-corrected chi connectivity index (χ0v) is 18.8. The van der Waals surface area contributed by atoms with Crippen molar-refractivity contribution in [1.82, 2.24) is 15.3 Å². The van der Waals surface area contributed by atoms with E-state index in [-0.39, 0.29) is 17.8 Å². The minimum absolute atomic E-state index is 0.0307. The van der Waals surface area contributed by atoms with Gasteiger partial charge in [-0.05, 0) is 23.5 Å². The first-order valence-corrected chi connectivity index (χ1v) is 11.9. The SMILES string of the molecule is CC(C)C1Cc2c(sc3nc(SCC(=O)NCCc4ccccc4)nc(N)c23)CO1. The van der Waals surface area contributed by atoms with Gasteiger partial charge in [0, 0.05) is 17.8 Å². The van der Waals surface area contributed by atoms with E-state index in [9.17, 15) is 4.79 Å². The summed E-state index contributed by atoms with van der Waals surface area (Å²) in [5, 5.41) is 4.45. The third-order valence-electron chi connectivity index (χ3n) is 5.23. The number of fused-ring (bicyclic) bond motifs is 3. The molecule has 8 heteroatoms. The van der Waals surface area contributed by atoms with Gasteiger partial charge in [0.05, 0.1) is 23.8 Å². The Morgan fingerprint density at radius 1 is 1.33 bits per heavy atom. The highest BCUT2D eigenvalue weighted by Crippen LogP contribution is 2.39. The number of benzene rings is 1. The van der Waals surface area contributed by atoms with E-state index in [1.165, 1.54) is 27.8 Å². The Morgan fingerprint density at radius 3 is 2.90 bits per heavy atom.